The van der Waals surface area contributed by atoms with Gasteiger partial charge in [0.05, 0.1) is 5.88 Å². The molecule has 2 aliphatic rings. The van der Waals surface area contributed by atoms with Gasteiger partial charge < -0.3 is 5.11 Å². The summed E-state index contributed by atoms with van der Waals surface area (Å²) in [6.07, 6.45) is 11.1. The molecule has 2 aliphatic carbocycles. The van der Waals surface area contributed by atoms with Crippen LogP contribution in [-0.4, -0.2) is 16.3 Å². The molecule has 0 bridgehead atoms. The Hall–Kier alpha value is -1.36. The zero-order chi connectivity index (χ0) is 14.4. The van der Waals surface area contributed by atoms with Gasteiger partial charge >= 0.3 is 0 Å². The minimum atomic E-state index is -0.0964. The number of aryl methyl sites for hydroxylation is 2. The highest BCUT2D eigenvalue weighted by Crippen LogP contribution is 2.33. The summed E-state index contributed by atoms with van der Waals surface area (Å²) >= 11 is 1.44. The smallest absolute Gasteiger partial charge is 0.254 e. The first-order chi connectivity index (χ1) is 10.3. The van der Waals surface area contributed by atoms with Crippen molar-refractivity contribution in [2.24, 2.45) is 0 Å². The number of pyridine rings is 1. The first-order valence-electron chi connectivity index (χ1n) is 7.80. The molecule has 0 N–H and O–H groups in total. The number of rotatable bonds is 1. The first kappa shape index (κ1) is 13.3. The van der Waals surface area contributed by atoms with Crippen molar-refractivity contribution < 1.29 is 9.62 Å². The van der Waals surface area contributed by atoms with E-state index in [2.05, 4.69) is 10.1 Å². The minimum absolute atomic E-state index is 0.0964. The Morgan fingerprint density at radius 3 is 2.38 bits per heavy atom. The summed E-state index contributed by atoms with van der Waals surface area (Å²) in [6.45, 7) is 0. The molecule has 0 unspecified atom stereocenters. The van der Waals surface area contributed by atoms with E-state index < -0.39 is 0 Å². The summed E-state index contributed by atoms with van der Waals surface area (Å²) in [5, 5.41) is 17.8. The van der Waals surface area contributed by atoms with Gasteiger partial charge in [0.15, 0.2) is 0 Å². The molecule has 0 aromatic carbocycles. The van der Waals surface area contributed by atoms with E-state index in [1.54, 1.807) is 0 Å². The molecule has 2 aromatic heterocycles. The predicted octanol–water partition coefficient (Wildman–Crippen LogP) is 1.77. The summed E-state index contributed by atoms with van der Waals surface area (Å²) in [7, 11) is 0. The van der Waals surface area contributed by atoms with Gasteiger partial charge in [-0.05, 0) is 61.3 Å². The van der Waals surface area contributed by atoms with Crippen LogP contribution in [0.1, 0.15) is 48.1 Å². The quantitative estimate of drug-likeness (QED) is 0.595. The molecule has 2 heterocycles. The number of aromatic nitrogens is 3. The Kier molecular flexibility index (Phi) is 3.25. The molecule has 0 fully saturated rings. The molecule has 21 heavy (non-hydrogen) atoms. The van der Waals surface area contributed by atoms with Crippen LogP contribution >= 0.6 is 11.8 Å². The lowest BCUT2D eigenvalue weighted by Gasteiger charge is -2.23. The van der Waals surface area contributed by atoms with Crippen LogP contribution in [0.15, 0.2) is 5.16 Å². The van der Waals surface area contributed by atoms with Crippen molar-refractivity contribution in [1.29, 1.82) is 0 Å². The zero-order valence-electron chi connectivity index (χ0n) is 12.3. The normalized spacial score (nSPS) is 17.6. The molecule has 110 valence electrons. The van der Waals surface area contributed by atoms with Crippen molar-refractivity contribution >= 4 is 17.3 Å². The van der Waals surface area contributed by atoms with Gasteiger partial charge in [-0.15, -0.1) is 0 Å². The lowest BCUT2D eigenvalue weighted by Crippen LogP contribution is -2.39. The van der Waals surface area contributed by atoms with E-state index >= 15 is 0 Å². The van der Waals surface area contributed by atoms with E-state index in [0.717, 1.165) is 31.2 Å². The van der Waals surface area contributed by atoms with Crippen LogP contribution in [0.25, 0.3) is 5.52 Å². The topological polar surface area (TPSA) is 52.9 Å². The second kappa shape index (κ2) is 5.13. The molecule has 5 heteroatoms. The molecule has 0 aliphatic heterocycles. The fourth-order valence-corrected chi connectivity index (χ4v) is 4.21. The van der Waals surface area contributed by atoms with Crippen LogP contribution in [0.5, 0.6) is 5.88 Å². The highest BCUT2D eigenvalue weighted by molar-refractivity contribution is 7.98. The lowest BCUT2D eigenvalue weighted by molar-refractivity contribution is -0.599. The van der Waals surface area contributed by atoms with E-state index in [-0.39, 0.29) is 5.88 Å². The van der Waals surface area contributed by atoms with Crippen LogP contribution in [-0.2, 0) is 25.7 Å². The molecule has 0 saturated heterocycles. The number of fused-ring (bicyclic) bond motifs is 6. The van der Waals surface area contributed by atoms with E-state index in [1.165, 1.54) is 59.8 Å². The molecule has 0 saturated carbocycles. The Morgan fingerprint density at radius 2 is 1.62 bits per heavy atom. The second-order valence-electron chi connectivity index (χ2n) is 5.96. The van der Waals surface area contributed by atoms with Gasteiger partial charge in [-0.1, -0.05) is 11.8 Å². The fourth-order valence-electron chi connectivity index (χ4n) is 3.87. The van der Waals surface area contributed by atoms with Gasteiger partial charge in [-0.25, -0.2) is 4.98 Å². The highest BCUT2D eigenvalue weighted by atomic mass is 32.2. The van der Waals surface area contributed by atoms with Gasteiger partial charge in [0.1, 0.15) is 0 Å². The average molecular weight is 301 g/mol. The highest BCUT2D eigenvalue weighted by Gasteiger charge is 2.31. The van der Waals surface area contributed by atoms with Crippen molar-refractivity contribution in [3.05, 3.63) is 22.4 Å². The van der Waals surface area contributed by atoms with Gasteiger partial charge in [-0.2, -0.15) is 0 Å². The van der Waals surface area contributed by atoms with Gasteiger partial charge in [0, 0.05) is 22.6 Å². The molecule has 4 rings (SSSR count). The van der Waals surface area contributed by atoms with Crippen molar-refractivity contribution in [2.75, 3.05) is 6.26 Å². The SMILES string of the molecule is CSc1nc([O-])c2c3c(c4c([n+]2n1)CCCC4)CCCC3. The first-order valence-corrected chi connectivity index (χ1v) is 9.02. The monoisotopic (exact) mass is 301 g/mol. The third kappa shape index (κ3) is 2.01. The maximum absolute atomic E-state index is 12.5. The molecule has 0 spiro atoms. The average Bonchev–Trinajstić information content (AvgIpc) is 2.54. The maximum Gasteiger partial charge on any atom is 0.254 e. The molecule has 0 amide bonds. The summed E-state index contributed by atoms with van der Waals surface area (Å²) in [5.74, 6) is -0.0964. The Bertz CT molecular complexity index is 730. The summed E-state index contributed by atoms with van der Waals surface area (Å²) in [4.78, 5) is 4.15. The van der Waals surface area contributed by atoms with Crippen molar-refractivity contribution in [2.45, 2.75) is 56.5 Å². The van der Waals surface area contributed by atoms with Crippen molar-refractivity contribution in [1.82, 2.24) is 10.1 Å². The number of thioether (sulfide) groups is 1. The van der Waals surface area contributed by atoms with Crippen LogP contribution in [0, 0.1) is 0 Å². The second-order valence-corrected chi connectivity index (χ2v) is 6.73. The third-order valence-corrected chi connectivity index (χ3v) is 5.33. The van der Waals surface area contributed by atoms with Gasteiger partial charge in [0.25, 0.3) is 10.7 Å². The largest absolute Gasteiger partial charge is 0.854 e. The van der Waals surface area contributed by atoms with Crippen LogP contribution in [0.3, 0.4) is 0 Å². The minimum Gasteiger partial charge on any atom is -0.854 e. The number of hydrogen-bond donors (Lipinski definition) is 0. The summed E-state index contributed by atoms with van der Waals surface area (Å²) in [6, 6.07) is 0. The van der Waals surface area contributed by atoms with E-state index in [0.29, 0.717) is 5.16 Å². The summed E-state index contributed by atoms with van der Waals surface area (Å²) in [5.41, 5.74) is 6.20. The Morgan fingerprint density at radius 1 is 0.952 bits per heavy atom. The molecular formula is C16H19N3OS. The molecular weight excluding hydrogens is 282 g/mol. The zero-order valence-corrected chi connectivity index (χ0v) is 13.1. The molecule has 0 atom stereocenters. The van der Waals surface area contributed by atoms with E-state index in [1.807, 2.05) is 10.8 Å². The van der Waals surface area contributed by atoms with Gasteiger partial charge in [-0.3, -0.25) is 0 Å². The number of nitrogens with zero attached hydrogens (tertiary/aromatic N) is 3. The van der Waals surface area contributed by atoms with Crippen LogP contribution in [0.2, 0.25) is 0 Å². The summed E-state index contributed by atoms with van der Waals surface area (Å²) < 4.78 is 1.94. The Labute approximate surface area is 128 Å². The third-order valence-electron chi connectivity index (χ3n) is 4.79. The maximum atomic E-state index is 12.5. The van der Waals surface area contributed by atoms with Crippen LogP contribution in [0.4, 0.5) is 0 Å². The predicted molar refractivity (Wildman–Crippen MR) is 79.7 cm³/mol. The molecule has 0 radical (unpaired) electrons. The van der Waals surface area contributed by atoms with E-state index in [4.69, 9.17) is 0 Å². The Balaban J connectivity index is 2.13. The lowest BCUT2D eigenvalue weighted by atomic mass is 9.83. The van der Waals surface area contributed by atoms with Gasteiger partial charge in [0.2, 0.25) is 5.69 Å². The van der Waals surface area contributed by atoms with Crippen molar-refractivity contribution in [3.8, 4) is 5.88 Å². The number of hydrogen-bond acceptors (Lipinski definition) is 4. The fraction of sp³-hybridized carbons (Fsp3) is 0.562. The molecule has 2 aromatic rings. The van der Waals surface area contributed by atoms with Crippen molar-refractivity contribution in [3.63, 3.8) is 0 Å². The standard InChI is InChI=1S/C16H19N3OS/c1-21-16-17-15(20)14-12-8-3-2-6-10(12)11-7-4-5-9-13(11)19(14)18-16/h2-9H2,1H3. The van der Waals surface area contributed by atoms with E-state index in [9.17, 15) is 5.11 Å². The van der Waals surface area contributed by atoms with Crippen LogP contribution < -0.4 is 9.62 Å². The molecule has 4 nitrogen and oxygen atoms in total.